The summed E-state index contributed by atoms with van der Waals surface area (Å²) < 4.78 is 11.6. The van der Waals surface area contributed by atoms with E-state index < -0.39 is 13.9 Å². The molecule has 1 aromatic carbocycles. The highest BCUT2D eigenvalue weighted by Gasteiger charge is 2.64. The summed E-state index contributed by atoms with van der Waals surface area (Å²) in [5.74, 6) is 0.249. The number of benzene rings is 1. The van der Waals surface area contributed by atoms with Crippen molar-refractivity contribution in [3.63, 3.8) is 0 Å². The van der Waals surface area contributed by atoms with Crippen LogP contribution in [0.15, 0.2) is 18.2 Å². The Morgan fingerprint density at radius 1 is 1.42 bits per heavy atom. The van der Waals surface area contributed by atoms with E-state index in [4.69, 9.17) is 9.47 Å². The lowest BCUT2D eigenvalue weighted by molar-refractivity contribution is -0.143. The highest BCUT2D eigenvalue weighted by Crippen LogP contribution is 2.58. The SMILES string of the molecule is COc1ccc2c(c1)[C@]1(O[C@@H](CCO)[C@H]([Si](C)(C)O)[C@H]1C)C(=O)N2. The van der Waals surface area contributed by atoms with E-state index in [1.54, 1.807) is 13.2 Å². The Morgan fingerprint density at radius 3 is 2.71 bits per heavy atom. The minimum atomic E-state index is -2.60. The molecule has 1 fully saturated rings. The van der Waals surface area contributed by atoms with Crippen LogP contribution in [0.5, 0.6) is 5.75 Å². The molecule has 3 N–H and O–H groups in total. The van der Waals surface area contributed by atoms with Crippen molar-refractivity contribution < 1.29 is 24.2 Å². The van der Waals surface area contributed by atoms with E-state index in [-0.39, 0.29) is 30.1 Å². The Balaban J connectivity index is 2.12. The van der Waals surface area contributed by atoms with Crippen LogP contribution in [0.1, 0.15) is 18.9 Å². The minimum absolute atomic E-state index is 0.0406. The lowest BCUT2D eigenvalue weighted by atomic mass is 9.82. The van der Waals surface area contributed by atoms with Gasteiger partial charge in [0.25, 0.3) is 5.91 Å². The largest absolute Gasteiger partial charge is 0.497 e. The molecular formula is C17H25NO5Si. The van der Waals surface area contributed by atoms with Crippen LogP contribution in [0.3, 0.4) is 0 Å². The summed E-state index contributed by atoms with van der Waals surface area (Å²) in [5, 5.41) is 12.3. The minimum Gasteiger partial charge on any atom is -0.497 e. The first kappa shape index (κ1) is 17.4. The summed E-state index contributed by atoms with van der Waals surface area (Å²) in [7, 11) is -1.02. The molecule has 4 atom stereocenters. The Hall–Kier alpha value is -1.41. The number of fused-ring (bicyclic) bond motifs is 2. The molecule has 0 bridgehead atoms. The third-order valence-corrected chi connectivity index (χ3v) is 7.86. The number of hydrogen-bond acceptors (Lipinski definition) is 5. The molecule has 132 valence electrons. The van der Waals surface area contributed by atoms with Gasteiger partial charge in [0, 0.05) is 29.3 Å². The Morgan fingerprint density at radius 2 is 2.12 bits per heavy atom. The normalized spacial score (nSPS) is 32.1. The van der Waals surface area contributed by atoms with Gasteiger partial charge in [0.05, 0.1) is 13.2 Å². The van der Waals surface area contributed by atoms with Crippen molar-refractivity contribution in [2.24, 2.45) is 5.92 Å². The van der Waals surface area contributed by atoms with E-state index in [2.05, 4.69) is 5.32 Å². The predicted molar refractivity (Wildman–Crippen MR) is 92.5 cm³/mol. The molecule has 0 saturated carbocycles. The van der Waals surface area contributed by atoms with Crippen LogP contribution in [0, 0.1) is 5.92 Å². The molecule has 0 aliphatic carbocycles. The number of aliphatic hydroxyl groups is 1. The number of carbonyl (C=O) groups is 1. The van der Waals surface area contributed by atoms with Crippen molar-refractivity contribution >= 4 is 19.9 Å². The van der Waals surface area contributed by atoms with Gasteiger partial charge in [0.2, 0.25) is 0 Å². The highest BCUT2D eigenvalue weighted by molar-refractivity contribution is 6.71. The van der Waals surface area contributed by atoms with Crippen LogP contribution in [0.4, 0.5) is 5.69 Å². The summed E-state index contributed by atoms with van der Waals surface area (Å²) in [6.45, 7) is 5.64. The zero-order valence-corrected chi connectivity index (χ0v) is 15.5. The summed E-state index contributed by atoms with van der Waals surface area (Å²) in [6, 6.07) is 5.44. The van der Waals surface area contributed by atoms with Gasteiger partial charge < -0.3 is 24.7 Å². The van der Waals surface area contributed by atoms with Gasteiger partial charge >= 0.3 is 0 Å². The summed E-state index contributed by atoms with van der Waals surface area (Å²) in [4.78, 5) is 23.7. The second-order valence-electron chi connectivity index (χ2n) is 7.24. The molecule has 7 heteroatoms. The van der Waals surface area contributed by atoms with Gasteiger partial charge in [-0.1, -0.05) is 6.92 Å². The number of nitrogens with one attached hydrogen (secondary N) is 1. The fourth-order valence-electron chi connectivity index (χ4n) is 4.40. The van der Waals surface area contributed by atoms with Crippen molar-refractivity contribution in [2.45, 2.75) is 43.7 Å². The van der Waals surface area contributed by atoms with Gasteiger partial charge in [0.15, 0.2) is 13.9 Å². The monoisotopic (exact) mass is 351 g/mol. The smallest absolute Gasteiger partial charge is 0.261 e. The molecule has 24 heavy (non-hydrogen) atoms. The Kier molecular flexibility index (Phi) is 4.24. The second-order valence-corrected chi connectivity index (χ2v) is 11.2. The molecule has 2 aliphatic heterocycles. The van der Waals surface area contributed by atoms with Crippen molar-refractivity contribution in [3.8, 4) is 5.75 Å². The number of ether oxygens (including phenoxy) is 2. The van der Waals surface area contributed by atoms with Gasteiger partial charge in [-0.3, -0.25) is 4.79 Å². The fourth-order valence-corrected chi connectivity index (χ4v) is 7.00. The molecule has 3 rings (SSSR count). The first-order valence-electron chi connectivity index (χ1n) is 8.26. The molecule has 1 amide bonds. The Bertz CT molecular complexity index is 659. The Labute approximate surface area is 142 Å². The van der Waals surface area contributed by atoms with Crippen LogP contribution < -0.4 is 10.1 Å². The van der Waals surface area contributed by atoms with Gasteiger partial charge in [0.1, 0.15) is 5.75 Å². The van der Waals surface area contributed by atoms with E-state index in [9.17, 15) is 14.7 Å². The van der Waals surface area contributed by atoms with E-state index in [1.165, 1.54) is 0 Å². The van der Waals surface area contributed by atoms with Crippen LogP contribution in [-0.2, 0) is 15.1 Å². The molecule has 0 unspecified atom stereocenters. The summed E-state index contributed by atoms with van der Waals surface area (Å²) in [5.41, 5.74) is 0.186. The average molecular weight is 351 g/mol. The number of aliphatic hydroxyl groups excluding tert-OH is 1. The third-order valence-electron chi connectivity index (χ3n) is 5.36. The number of carbonyl (C=O) groups excluding carboxylic acids is 1. The maximum absolute atomic E-state index is 12.9. The van der Waals surface area contributed by atoms with E-state index in [1.807, 2.05) is 32.2 Å². The molecule has 1 spiro atoms. The predicted octanol–water partition coefficient (Wildman–Crippen LogP) is 1.83. The quantitative estimate of drug-likeness (QED) is 0.720. The second kappa shape index (κ2) is 5.84. The van der Waals surface area contributed by atoms with E-state index >= 15 is 0 Å². The maximum Gasteiger partial charge on any atom is 0.261 e. The summed E-state index contributed by atoms with van der Waals surface area (Å²) >= 11 is 0. The molecule has 1 aromatic rings. The van der Waals surface area contributed by atoms with E-state index in [0.29, 0.717) is 17.9 Å². The lowest BCUT2D eigenvalue weighted by Crippen LogP contribution is -2.43. The van der Waals surface area contributed by atoms with Gasteiger partial charge in [-0.25, -0.2) is 0 Å². The van der Waals surface area contributed by atoms with Crippen LogP contribution in [0.2, 0.25) is 18.6 Å². The van der Waals surface area contributed by atoms with Crippen LogP contribution >= 0.6 is 0 Å². The molecule has 6 nitrogen and oxygen atoms in total. The molecule has 2 heterocycles. The van der Waals surface area contributed by atoms with Gasteiger partial charge in [-0.05, 0) is 37.7 Å². The lowest BCUT2D eigenvalue weighted by Gasteiger charge is -2.32. The first-order chi connectivity index (χ1) is 11.3. The average Bonchev–Trinajstić information content (AvgIpc) is 2.95. The highest BCUT2D eigenvalue weighted by atomic mass is 28.4. The zero-order chi connectivity index (χ0) is 17.7. The molecule has 0 radical (unpaired) electrons. The molecule has 2 aliphatic rings. The van der Waals surface area contributed by atoms with Gasteiger partial charge in [-0.15, -0.1) is 0 Å². The van der Waals surface area contributed by atoms with Crippen LogP contribution in [0.25, 0.3) is 0 Å². The van der Waals surface area contributed by atoms with Crippen LogP contribution in [-0.4, -0.2) is 43.9 Å². The number of methoxy groups -OCH3 is 1. The molecular weight excluding hydrogens is 326 g/mol. The number of hydrogen-bond donors (Lipinski definition) is 3. The van der Waals surface area contributed by atoms with Gasteiger partial charge in [-0.2, -0.15) is 0 Å². The molecule has 0 aromatic heterocycles. The summed E-state index contributed by atoms with van der Waals surface area (Å²) in [6.07, 6.45) is 0.0555. The first-order valence-corrected chi connectivity index (χ1v) is 11.3. The number of anilines is 1. The van der Waals surface area contributed by atoms with Crippen molar-refractivity contribution in [2.75, 3.05) is 19.0 Å². The van der Waals surface area contributed by atoms with Crippen molar-refractivity contribution in [3.05, 3.63) is 23.8 Å². The topological polar surface area (TPSA) is 88.0 Å². The molecule has 1 saturated heterocycles. The fraction of sp³-hybridized carbons (Fsp3) is 0.588. The number of rotatable bonds is 4. The van der Waals surface area contributed by atoms with Crippen molar-refractivity contribution in [1.29, 1.82) is 0 Å². The standard InChI is InChI=1S/C17H25NO5Si/c1-10-15(24(3,4)21)14(7-8-19)23-17(10)12-9-11(22-2)5-6-13(12)18-16(17)20/h5-6,9-10,14-15,19,21H,7-8H2,1-4H3,(H,18,20)/t10-,14+,15-,17+/m1/s1. The maximum atomic E-state index is 12.9. The zero-order valence-electron chi connectivity index (χ0n) is 14.5. The third kappa shape index (κ3) is 2.38. The van der Waals surface area contributed by atoms with E-state index in [0.717, 1.165) is 5.56 Å². The van der Waals surface area contributed by atoms with Crippen molar-refractivity contribution in [1.82, 2.24) is 0 Å². The number of amides is 1.